The Labute approximate surface area is 100 Å². The molecule has 0 bridgehead atoms. The van der Waals surface area contributed by atoms with Crippen LogP contribution in [0.2, 0.25) is 0 Å². The van der Waals surface area contributed by atoms with Gasteiger partial charge in [-0.3, -0.25) is 0 Å². The third-order valence-electron chi connectivity index (χ3n) is 3.10. The second-order valence-electron chi connectivity index (χ2n) is 4.55. The van der Waals surface area contributed by atoms with E-state index in [1.807, 2.05) is 13.0 Å². The molecule has 1 rings (SSSR count). The number of hydrogen-bond acceptors (Lipinski definition) is 0. The van der Waals surface area contributed by atoms with Crippen molar-refractivity contribution in [3.05, 3.63) is 35.1 Å². The Hall–Kier alpha value is -0.370. The molecule has 0 N–H and O–H groups in total. The highest BCUT2D eigenvalue weighted by molar-refractivity contribution is 9.09. The number of alkyl halides is 1. The zero-order valence-electron chi connectivity index (χ0n) is 9.61. The average molecular weight is 273 g/mol. The Morgan fingerprint density at radius 1 is 1.40 bits per heavy atom. The maximum Gasteiger partial charge on any atom is 0.123 e. The number of aryl methyl sites for hydroxylation is 1. The molecule has 2 heteroatoms. The van der Waals surface area contributed by atoms with Crippen molar-refractivity contribution in [1.82, 2.24) is 0 Å². The second kappa shape index (κ2) is 5.11. The van der Waals surface area contributed by atoms with Crippen LogP contribution in [0.3, 0.4) is 0 Å². The molecule has 1 aromatic rings. The van der Waals surface area contributed by atoms with Crippen LogP contribution < -0.4 is 0 Å². The van der Waals surface area contributed by atoms with E-state index in [0.717, 1.165) is 23.7 Å². The van der Waals surface area contributed by atoms with E-state index in [1.54, 1.807) is 12.1 Å². The highest BCUT2D eigenvalue weighted by atomic mass is 79.9. The predicted molar refractivity (Wildman–Crippen MR) is 67.0 cm³/mol. The van der Waals surface area contributed by atoms with Crippen molar-refractivity contribution in [2.45, 2.75) is 33.6 Å². The molecule has 0 saturated heterocycles. The molecular formula is C13H18BrF. The topological polar surface area (TPSA) is 0 Å². The monoisotopic (exact) mass is 272 g/mol. The van der Waals surface area contributed by atoms with Crippen molar-refractivity contribution in [2.24, 2.45) is 5.41 Å². The van der Waals surface area contributed by atoms with E-state index >= 15 is 0 Å². The summed E-state index contributed by atoms with van der Waals surface area (Å²) in [5, 5.41) is 0.979. The van der Waals surface area contributed by atoms with Gasteiger partial charge < -0.3 is 0 Å². The van der Waals surface area contributed by atoms with Gasteiger partial charge >= 0.3 is 0 Å². The average Bonchev–Trinajstić information content (AvgIpc) is 2.22. The lowest BCUT2D eigenvalue weighted by Gasteiger charge is -2.26. The molecule has 0 saturated carbocycles. The summed E-state index contributed by atoms with van der Waals surface area (Å²) in [7, 11) is 0. The molecule has 0 aliphatic carbocycles. The molecule has 0 fully saturated rings. The van der Waals surface area contributed by atoms with Crippen molar-refractivity contribution in [3.63, 3.8) is 0 Å². The van der Waals surface area contributed by atoms with Crippen LogP contribution in [0.1, 0.15) is 31.4 Å². The van der Waals surface area contributed by atoms with Gasteiger partial charge in [0.15, 0.2) is 0 Å². The summed E-state index contributed by atoms with van der Waals surface area (Å²) in [5.74, 6) is -0.145. The largest absolute Gasteiger partial charge is 0.207 e. The lowest BCUT2D eigenvalue weighted by molar-refractivity contribution is 0.360. The molecule has 0 nitrogen and oxygen atoms in total. The normalized spacial score (nSPS) is 15.0. The maximum absolute atomic E-state index is 12.9. The van der Waals surface area contributed by atoms with Crippen LogP contribution in [0.25, 0.3) is 0 Å². The SMILES string of the molecule is CCC(C)(CBr)Cc1ccc(F)cc1C. The van der Waals surface area contributed by atoms with Gasteiger partial charge in [0.1, 0.15) is 5.82 Å². The van der Waals surface area contributed by atoms with E-state index in [2.05, 4.69) is 29.8 Å². The van der Waals surface area contributed by atoms with Gasteiger partial charge in [-0.1, -0.05) is 35.8 Å². The first-order valence-corrected chi connectivity index (χ1v) is 6.44. The first-order chi connectivity index (χ1) is 7.00. The molecule has 1 atom stereocenters. The Morgan fingerprint density at radius 3 is 2.53 bits per heavy atom. The molecule has 0 aromatic heterocycles. The minimum atomic E-state index is -0.145. The fraction of sp³-hybridized carbons (Fsp3) is 0.538. The third-order valence-corrected chi connectivity index (χ3v) is 4.45. The van der Waals surface area contributed by atoms with Crippen molar-refractivity contribution in [3.8, 4) is 0 Å². The summed E-state index contributed by atoms with van der Waals surface area (Å²) in [6.45, 7) is 6.42. The van der Waals surface area contributed by atoms with Gasteiger partial charge in [-0.05, 0) is 48.4 Å². The zero-order chi connectivity index (χ0) is 11.5. The first kappa shape index (κ1) is 12.7. The molecule has 1 aromatic carbocycles. The van der Waals surface area contributed by atoms with E-state index in [9.17, 15) is 4.39 Å². The van der Waals surface area contributed by atoms with Crippen LogP contribution >= 0.6 is 15.9 Å². The molecule has 84 valence electrons. The molecule has 0 heterocycles. The van der Waals surface area contributed by atoms with Gasteiger partial charge in [0.2, 0.25) is 0 Å². The van der Waals surface area contributed by atoms with E-state index in [1.165, 1.54) is 5.56 Å². The fourth-order valence-corrected chi connectivity index (χ4v) is 2.18. The number of benzene rings is 1. The molecule has 0 aliphatic rings. The van der Waals surface area contributed by atoms with Gasteiger partial charge in [0.05, 0.1) is 0 Å². The quantitative estimate of drug-likeness (QED) is 0.709. The Bertz CT molecular complexity index is 329. The fourth-order valence-electron chi connectivity index (χ4n) is 1.58. The first-order valence-electron chi connectivity index (χ1n) is 5.32. The van der Waals surface area contributed by atoms with Crippen molar-refractivity contribution < 1.29 is 4.39 Å². The van der Waals surface area contributed by atoms with Gasteiger partial charge in [0.25, 0.3) is 0 Å². The van der Waals surface area contributed by atoms with Crippen LogP contribution in [-0.4, -0.2) is 5.33 Å². The van der Waals surface area contributed by atoms with Gasteiger partial charge in [-0.25, -0.2) is 4.39 Å². The zero-order valence-corrected chi connectivity index (χ0v) is 11.2. The molecule has 0 amide bonds. The summed E-state index contributed by atoms with van der Waals surface area (Å²) in [6, 6.07) is 5.06. The van der Waals surface area contributed by atoms with Gasteiger partial charge in [-0.15, -0.1) is 0 Å². The van der Waals surface area contributed by atoms with Crippen molar-refractivity contribution >= 4 is 15.9 Å². The van der Waals surface area contributed by atoms with Crippen LogP contribution in [0.5, 0.6) is 0 Å². The standard InChI is InChI=1S/C13H18BrF/c1-4-13(3,9-14)8-11-5-6-12(15)7-10(11)2/h5-7H,4,8-9H2,1-3H3. The van der Waals surface area contributed by atoms with Crippen LogP contribution in [0.4, 0.5) is 4.39 Å². The third kappa shape index (κ3) is 3.30. The van der Waals surface area contributed by atoms with Gasteiger partial charge in [0, 0.05) is 5.33 Å². The number of halogens is 2. The Balaban J connectivity index is 2.89. The molecule has 0 aliphatic heterocycles. The molecule has 15 heavy (non-hydrogen) atoms. The summed E-state index contributed by atoms with van der Waals surface area (Å²) < 4.78 is 12.9. The summed E-state index contributed by atoms with van der Waals surface area (Å²) in [6.07, 6.45) is 2.12. The highest BCUT2D eigenvalue weighted by Gasteiger charge is 2.21. The lowest BCUT2D eigenvalue weighted by atomic mass is 9.82. The number of hydrogen-bond donors (Lipinski definition) is 0. The molecule has 0 spiro atoms. The highest BCUT2D eigenvalue weighted by Crippen LogP contribution is 2.29. The minimum Gasteiger partial charge on any atom is -0.207 e. The van der Waals surface area contributed by atoms with Crippen molar-refractivity contribution in [2.75, 3.05) is 5.33 Å². The van der Waals surface area contributed by atoms with Gasteiger partial charge in [-0.2, -0.15) is 0 Å². The minimum absolute atomic E-state index is 0.145. The summed E-state index contributed by atoms with van der Waals surface area (Å²) in [5.41, 5.74) is 2.57. The summed E-state index contributed by atoms with van der Waals surface area (Å²) >= 11 is 3.55. The summed E-state index contributed by atoms with van der Waals surface area (Å²) in [4.78, 5) is 0. The predicted octanol–water partition coefficient (Wildman–Crippen LogP) is 4.49. The molecule has 0 radical (unpaired) electrons. The maximum atomic E-state index is 12.9. The Kier molecular flexibility index (Phi) is 4.32. The lowest BCUT2D eigenvalue weighted by Crippen LogP contribution is -2.20. The van der Waals surface area contributed by atoms with E-state index < -0.39 is 0 Å². The second-order valence-corrected chi connectivity index (χ2v) is 5.11. The van der Waals surface area contributed by atoms with Crippen LogP contribution in [0.15, 0.2) is 18.2 Å². The van der Waals surface area contributed by atoms with Crippen LogP contribution in [0, 0.1) is 18.2 Å². The number of rotatable bonds is 4. The van der Waals surface area contributed by atoms with E-state index in [4.69, 9.17) is 0 Å². The van der Waals surface area contributed by atoms with Crippen LogP contribution in [-0.2, 0) is 6.42 Å². The van der Waals surface area contributed by atoms with Crippen molar-refractivity contribution in [1.29, 1.82) is 0 Å². The smallest absolute Gasteiger partial charge is 0.123 e. The van der Waals surface area contributed by atoms with E-state index in [0.29, 0.717) is 0 Å². The van der Waals surface area contributed by atoms with E-state index in [-0.39, 0.29) is 11.2 Å². The molecule has 1 unspecified atom stereocenters. The Morgan fingerprint density at radius 2 is 2.07 bits per heavy atom. The molecular weight excluding hydrogens is 255 g/mol.